The molecule has 0 bridgehead atoms. The van der Waals surface area contributed by atoms with Gasteiger partial charge in [0.2, 0.25) is 5.56 Å². The molecular weight excluding hydrogens is 386 g/mol. The Hall–Kier alpha value is -3.80. The summed E-state index contributed by atoms with van der Waals surface area (Å²) in [5.74, 6) is 0.345. The second kappa shape index (κ2) is 9.80. The van der Waals surface area contributed by atoms with Crippen molar-refractivity contribution in [2.24, 2.45) is 5.10 Å². The number of H-pyrrole nitrogens is 1. The quantitative estimate of drug-likeness (QED) is 0.323. The number of fused-ring (bicyclic) bond motifs is 1. The minimum absolute atomic E-state index is 0.180. The lowest BCUT2D eigenvalue weighted by molar-refractivity contribution is 0.528. The van der Waals surface area contributed by atoms with Crippen molar-refractivity contribution in [1.29, 1.82) is 5.41 Å². The van der Waals surface area contributed by atoms with Crippen molar-refractivity contribution in [3.05, 3.63) is 100 Å². The van der Waals surface area contributed by atoms with Gasteiger partial charge in [-0.3, -0.25) is 15.2 Å². The van der Waals surface area contributed by atoms with Crippen LogP contribution in [0, 0.1) is 5.41 Å². The fraction of sp³-hybridized carbons (Fsp3) is 0.200. The normalized spacial score (nSPS) is 12.4. The van der Waals surface area contributed by atoms with Gasteiger partial charge in [-0.1, -0.05) is 31.2 Å². The summed E-state index contributed by atoms with van der Waals surface area (Å²) < 4.78 is 0. The van der Waals surface area contributed by atoms with E-state index in [2.05, 4.69) is 29.5 Å². The van der Waals surface area contributed by atoms with Crippen molar-refractivity contribution in [2.75, 3.05) is 0 Å². The van der Waals surface area contributed by atoms with Crippen LogP contribution >= 0.6 is 0 Å². The van der Waals surface area contributed by atoms with E-state index in [1.807, 2.05) is 38.1 Å². The lowest BCUT2D eigenvalue weighted by Crippen LogP contribution is -2.27. The van der Waals surface area contributed by atoms with Crippen LogP contribution in [0.25, 0.3) is 10.9 Å². The molecule has 0 spiro atoms. The molecule has 0 aliphatic carbocycles. The number of aromatic amines is 1. The fourth-order valence-corrected chi connectivity index (χ4v) is 3.17. The molecule has 6 heteroatoms. The Kier molecular flexibility index (Phi) is 6.92. The molecule has 2 N–H and O–H groups in total. The predicted molar refractivity (Wildman–Crippen MR) is 127 cm³/mol. The summed E-state index contributed by atoms with van der Waals surface area (Å²) in [7, 11) is 0. The SMILES string of the molecule is C=C/C(=N\N(C(=N)Cc1ccc2ncccc2c1)/C(C)=C(\C)CC)c1ccc(=O)[nH]c1. The molecular formula is C25H27N5O. The van der Waals surface area contributed by atoms with Crippen molar-refractivity contribution in [3.8, 4) is 0 Å². The summed E-state index contributed by atoms with van der Waals surface area (Å²) >= 11 is 0. The molecule has 0 atom stereocenters. The van der Waals surface area contributed by atoms with Crippen LogP contribution in [0.15, 0.2) is 88.7 Å². The van der Waals surface area contributed by atoms with Gasteiger partial charge >= 0.3 is 0 Å². The van der Waals surface area contributed by atoms with Crippen molar-refractivity contribution < 1.29 is 0 Å². The van der Waals surface area contributed by atoms with Gasteiger partial charge < -0.3 is 4.98 Å². The minimum Gasteiger partial charge on any atom is -0.328 e. The summed E-state index contributed by atoms with van der Waals surface area (Å²) in [6.07, 6.45) is 6.28. The van der Waals surface area contributed by atoms with Gasteiger partial charge in [-0.15, -0.1) is 0 Å². The number of hydrazone groups is 1. The first-order chi connectivity index (χ1) is 14.9. The van der Waals surface area contributed by atoms with E-state index in [0.717, 1.165) is 39.7 Å². The average molecular weight is 414 g/mol. The Balaban J connectivity index is 1.99. The molecule has 0 amide bonds. The number of allylic oxidation sites excluding steroid dienone is 3. The van der Waals surface area contributed by atoms with Crippen LogP contribution < -0.4 is 5.56 Å². The van der Waals surface area contributed by atoms with Crippen molar-refractivity contribution >= 4 is 22.5 Å². The van der Waals surface area contributed by atoms with Crippen LogP contribution in [0.1, 0.15) is 38.3 Å². The highest BCUT2D eigenvalue weighted by molar-refractivity contribution is 6.08. The Morgan fingerprint density at radius 3 is 2.74 bits per heavy atom. The molecule has 31 heavy (non-hydrogen) atoms. The van der Waals surface area contributed by atoms with E-state index < -0.39 is 0 Å². The highest BCUT2D eigenvalue weighted by Crippen LogP contribution is 2.19. The highest BCUT2D eigenvalue weighted by Gasteiger charge is 2.15. The number of nitrogens with one attached hydrogen (secondary N) is 2. The molecule has 0 unspecified atom stereocenters. The summed E-state index contributed by atoms with van der Waals surface area (Å²) in [4.78, 5) is 18.4. The first-order valence-electron chi connectivity index (χ1n) is 10.2. The van der Waals surface area contributed by atoms with Gasteiger partial charge in [-0.25, -0.2) is 5.01 Å². The van der Waals surface area contributed by atoms with E-state index in [9.17, 15) is 4.79 Å². The van der Waals surface area contributed by atoms with Gasteiger partial charge in [0.05, 0.1) is 11.2 Å². The summed E-state index contributed by atoms with van der Waals surface area (Å²) in [5, 5.41) is 16.3. The third-order valence-corrected chi connectivity index (χ3v) is 5.24. The van der Waals surface area contributed by atoms with E-state index in [0.29, 0.717) is 18.0 Å². The standard InChI is InChI=1S/C25H27N5O/c1-5-17(3)18(4)30(29-22(6-2)21-10-12-25(31)28-16-21)24(26)15-19-9-11-23-20(14-19)8-7-13-27-23/h6-14,16,26H,2,5,15H2,1,3-4H3,(H,28,31)/b18-17+,26-24?,29-22+. The van der Waals surface area contributed by atoms with Crippen LogP contribution in [0.4, 0.5) is 0 Å². The maximum atomic E-state index is 11.4. The lowest BCUT2D eigenvalue weighted by Gasteiger charge is -2.24. The van der Waals surface area contributed by atoms with Crippen LogP contribution in [0.5, 0.6) is 0 Å². The van der Waals surface area contributed by atoms with E-state index >= 15 is 0 Å². The average Bonchev–Trinajstić information content (AvgIpc) is 2.79. The van der Waals surface area contributed by atoms with Gasteiger partial charge in [-0.2, -0.15) is 5.10 Å². The molecule has 3 aromatic rings. The van der Waals surface area contributed by atoms with Crippen LogP contribution in [-0.4, -0.2) is 26.5 Å². The van der Waals surface area contributed by atoms with E-state index in [1.54, 1.807) is 29.5 Å². The Morgan fingerprint density at radius 2 is 2.06 bits per heavy atom. The number of hydrogen-bond acceptors (Lipinski definition) is 4. The second-order valence-electron chi connectivity index (χ2n) is 7.32. The molecule has 6 nitrogen and oxygen atoms in total. The molecule has 1 aromatic carbocycles. The number of aromatic nitrogens is 2. The zero-order valence-corrected chi connectivity index (χ0v) is 18.1. The number of rotatable bonds is 7. The first kappa shape index (κ1) is 21.9. The molecule has 3 rings (SSSR count). The topological polar surface area (TPSA) is 85.2 Å². The smallest absolute Gasteiger partial charge is 0.247 e. The molecule has 0 aliphatic heterocycles. The molecule has 158 valence electrons. The van der Waals surface area contributed by atoms with Gasteiger partial charge in [0.25, 0.3) is 0 Å². The monoisotopic (exact) mass is 413 g/mol. The Labute approximate surface area is 182 Å². The fourth-order valence-electron chi connectivity index (χ4n) is 3.17. The van der Waals surface area contributed by atoms with Crippen molar-refractivity contribution in [2.45, 2.75) is 33.6 Å². The van der Waals surface area contributed by atoms with Crippen LogP contribution in [0.2, 0.25) is 0 Å². The molecule has 0 fully saturated rings. The van der Waals surface area contributed by atoms with Gasteiger partial charge in [0.15, 0.2) is 0 Å². The number of benzene rings is 1. The van der Waals surface area contributed by atoms with Crippen molar-refractivity contribution in [3.63, 3.8) is 0 Å². The molecule has 0 aliphatic rings. The number of hydrogen-bond donors (Lipinski definition) is 2. The summed E-state index contributed by atoms with van der Waals surface area (Å²) in [6.45, 7) is 9.96. The minimum atomic E-state index is -0.180. The van der Waals surface area contributed by atoms with E-state index in [-0.39, 0.29) is 5.56 Å². The molecule has 2 aromatic heterocycles. The summed E-state index contributed by atoms with van der Waals surface area (Å²) in [6, 6.07) is 13.1. The number of pyridine rings is 2. The zero-order chi connectivity index (χ0) is 22.4. The third kappa shape index (κ3) is 5.22. The Morgan fingerprint density at radius 1 is 1.26 bits per heavy atom. The number of nitrogens with zero attached hydrogens (tertiary/aromatic N) is 3. The third-order valence-electron chi connectivity index (χ3n) is 5.24. The number of amidine groups is 1. The highest BCUT2D eigenvalue weighted by atomic mass is 16.1. The van der Waals surface area contributed by atoms with Gasteiger partial charge in [-0.05, 0) is 56.2 Å². The molecule has 0 saturated heterocycles. The van der Waals surface area contributed by atoms with Gasteiger partial charge in [0, 0.05) is 41.5 Å². The lowest BCUT2D eigenvalue weighted by atomic mass is 10.1. The van der Waals surface area contributed by atoms with E-state index in [4.69, 9.17) is 10.5 Å². The van der Waals surface area contributed by atoms with E-state index in [1.165, 1.54) is 6.07 Å². The predicted octanol–water partition coefficient (Wildman–Crippen LogP) is 5.04. The van der Waals surface area contributed by atoms with Gasteiger partial charge in [0.1, 0.15) is 5.84 Å². The molecule has 2 heterocycles. The van der Waals surface area contributed by atoms with Crippen LogP contribution in [0.3, 0.4) is 0 Å². The Bertz CT molecular complexity index is 1220. The van der Waals surface area contributed by atoms with Crippen LogP contribution in [-0.2, 0) is 6.42 Å². The summed E-state index contributed by atoms with van der Waals surface area (Å²) in [5.41, 5.74) is 5.10. The first-order valence-corrected chi connectivity index (χ1v) is 10.2. The van der Waals surface area contributed by atoms with Crippen molar-refractivity contribution in [1.82, 2.24) is 15.0 Å². The maximum absolute atomic E-state index is 11.4. The molecule has 0 radical (unpaired) electrons. The molecule has 0 saturated carbocycles. The maximum Gasteiger partial charge on any atom is 0.247 e. The zero-order valence-electron chi connectivity index (χ0n) is 18.1. The second-order valence-corrected chi connectivity index (χ2v) is 7.32. The largest absolute Gasteiger partial charge is 0.328 e.